The van der Waals surface area contributed by atoms with E-state index in [-0.39, 0.29) is 22.9 Å². The maximum atomic E-state index is 12.2. The number of para-hydroxylation sites is 1. The smallest absolute Gasteiger partial charge is 0.336 e. The van der Waals surface area contributed by atoms with E-state index in [1.54, 1.807) is 0 Å². The first-order valence-electron chi connectivity index (χ1n) is 7.19. The minimum absolute atomic E-state index is 0.0374. The Morgan fingerprint density at radius 2 is 1.95 bits per heavy atom. The number of benzene rings is 1. The van der Waals surface area contributed by atoms with Gasteiger partial charge in [-0.15, -0.1) is 0 Å². The van der Waals surface area contributed by atoms with Crippen molar-refractivity contribution in [2.24, 2.45) is 11.3 Å². The lowest BCUT2D eigenvalue weighted by atomic mass is 9.75. The molecule has 1 N–H and O–H groups in total. The van der Waals surface area contributed by atoms with E-state index in [0.29, 0.717) is 0 Å². The van der Waals surface area contributed by atoms with Crippen molar-refractivity contribution in [2.75, 3.05) is 5.32 Å². The monoisotopic (exact) mass is 271 g/mol. The fourth-order valence-corrected chi connectivity index (χ4v) is 3.41. The Bertz CT molecular complexity index is 562. The molecule has 2 fully saturated rings. The van der Waals surface area contributed by atoms with Gasteiger partial charge in [-0.05, 0) is 31.9 Å². The van der Waals surface area contributed by atoms with Gasteiger partial charge in [0, 0.05) is 23.2 Å². The Hall–Kier alpha value is -1.77. The molecule has 1 aliphatic heterocycles. The third-order valence-corrected chi connectivity index (χ3v) is 5.15. The highest BCUT2D eigenvalue weighted by Crippen LogP contribution is 2.57. The molecule has 0 aromatic heterocycles. The van der Waals surface area contributed by atoms with Crippen molar-refractivity contribution in [3.63, 3.8) is 0 Å². The minimum atomic E-state index is -0.367. The van der Waals surface area contributed by atoms with E-state index in [1.807, 2.05) is 36.5 Å². The Morgan fingerprint density at radius 3 is 2.65 bits per heavy atom. The number of fused-ring (bicyclic) bond motifs is 1. The van der Waals surface area contributed by atoms with E-state index in [4.69, 9.17) is 4.74 Å². The highest BCUT2D eigenvalue weighted by atomic mass is 16.6. The molecule has 2 atom stereocenters. The summed E-state index contributed by atoms with van der Waals surface area (Å²) in [6.07, 6.45) is 3.93. The van der Waals surface area contributed by atoms with Gasteiger partial charge in [-0.25, -0.2) is 4.79 Å². The quantitative estimate of drug-likeness (QED) is 0.658. The number of esters is 1. The number of nitrogens with one attached hydrogen (secondary N) is 1. The number of anilines is 1. The number of rotatable bonds is 2. The Labute approximate surface area is 120 Å². The number of hydrogen-bond acceptors (Lipinski definition) is 3. The fourth-order valence-electron chi connectivity index (χ4n) is 3.41. The van der Waals surface area contributed by atoms with E-state index in [9.17, 15) is 4.79 Å². The van der Waals surface area contributed by atoms with Crippen molar-refractivity contribution in [1.29, 1.82) is 0 Å². The third-order valence-electron chi connectivity index (χ3n) is 5.15. The summed E-state index contributed by atoms with van der Waals surface area (Å²) in [5.41, 5.74) is 1.44. The molecule has 3 heteroatoms. The average molecular weight is 271 g/mol. The van der Waals surface area contributed by atoms with Crippen LogP contribution in [-0.2, 0) is 9.53 Å². The van der Waals surface area contributed by atoms with Crippen molar-refractivity contribution in [3.05, 3.63) is 42.1 Å². The van der Waals surface area contributed by atoms with Gasteiger partial charge in [-0.3, -0.25) is 0 Å². The van der Waals surface area contributed by atoms with Gasteiger partial charge in [0.25, 0.3) is 0 Å². The second-order valence-corrected chi connectivity index (χ2v) is 6.58. The normalized spacial score (nSPS) is 33.0. The molecule has 0 unspecified atom stereocenters. The van der Waals surface area contributed by atoms with Crippen LogP contribution >= 0.6 is 0 Å². The van der Waals surface area contributed by atoms with Crippen molar-refractivity contribution < 1.29 is 9.53 Å². The van der Waals surface area contributed by atoms with Gasteiger partial charge in [0.15, 0.2) is 0 Å². The molecule has 0 amide bonds. The largest absolute Gasteiger partial charge is 0.455 e. The first-order valence-corrected chi connectivity index (χ1v) is 7.19. The first-order chi connectivity index (χ1) is 9.44. The molecule has 0 radical (unpaired) electrons. The van der Waals surface area contributed by atoms with E-state index in [0.717, 1.165) is 24.1 Å². The van der Waals surface area contributed by atoms with Gasteiger partial charge < -0.3 is 10.1 Å². The molecule has 1 aliphatic carbocycles. The zero-order valence-electron chi connectivity index (χ0n) is 12.3. The Kier molecular flexibility index (Phi) is 2.89. The first kappa shape index (κ1) is 13.2. The summed E-state index contributed by atoms with van der Waals surface area (Å²) in [5.74, 6) is 0.0231. The van der Waals surface area contributed by atoms with Crippen LogP contribution in [0, 0.1) is 11.3 Å². The SMILES string of the molecule is CC1(C)CC[C@H]2/C(=C\Nc3ccccc3)C(=O)O[C@]21C. The van der Waals surface area contributed by atoms with Crippen LogP contribution in [0.2, 0.25) is 0 Å². The summed E-state index contributed by atoms with van der Waals surface area (Å²) in [7, 11) is 0. The number of hydrogen-bond donors (Lipinski definition) is 1. The predicted molar refractivity (Wildman–Crippen MR) is 79.1 cm³/mol. The minimum Gasteiger partial charge on any atom is -0.455 e. The molecular weight excluding hydrogens is 250 g/mol. The molecule has 1 aromatic rings. The summed E-state index contributed by atoms with van der Waals surface area (Å²) < 4.78 is 5.74. The number of carbonyl (C=O) groups is 1. The molecule has 1 saturated heterocycles. The van der Waals surface area contributed by atoms with Gasteiger partial charge in [0.1, 0.15) is 5.60 Å². The summed E-state index contributed by atoms with van der Waals surface area (Å²) in [5, 5.41) is 3.21. The third kappa shape index (κ3) is 1.84. The van der Waals surface area contributed by atoms with Gasteiger partial charge in [-0.2, -0.15) is 0 Å². The standard InChI is InChI=1S/C17H21NO2/c1-16(2)10-9-14-13(15(19)20-17(14,16)3)11-18-12-7-5-4-6-8-12/h4-8,11,14,18H,9-10H2,1-3H3/b13-11+/t14-,17+/m0/s1. The topological polar surface area (TPSA) is 38.3 Å². The highest BCUT2D eigenvalue weighted by molar-refractivity contribution is 5.93. The molecule has 0 bridgehead atoms. The molecule has 1 saturated carbocycles. The van der Waals surface area contributed by atoms with Crippen molar-refractivity contribution in [2.45, 2.75) is 39.2 Å². The molecule has 1 heterocycles. The van der Waals surface area contributed by atoms with E-state index >= 15 is 0 Å². The van der Waals surface area contributed by atoms with Crippen LogP contribution in [0.3, 0.4) is 0 Å². The van der Waals surface area contributed by atoms with Gasteiger partial charge in [0.2, 0.25) is 0 Å². The molecule has 106 valence electrons. The van der Waals surface area contributed by atoms with Crippen LogP contribution in [0.15, 0.2) is 42.1 Å². The van der Waals surface area contributed by atoms with Gasteiger partial charge in [0.05, 0.1) is 5.57 Å². The molecule has 3 rings (SSSR count). The molecule has 2 aliphatic rings. The number of ether oxygens (including phenoxy) is 1. The molecule has 3 nitrogen and oxygen atoms in total. The highest BCUT2D eigenvalue weighted by Gasteiger charge is 2.61. The lowest BCUT2D eigenvalue weighted by Gasteiger charge is -2.36. The van der Waals surface area contributed by atoms with Gasteiger partial charge in [-0.1, -0.05) is 32.0 Å². The average Bonchev–Trinajstić information content (AvgIpc) is 2.79. The van der Waals surface area contributed by atoms with Crippen LogP contribution < -0.4 is 5.32 Å². The summed E-state index contributed by atoms with van der Waals surface area (Å²) in [6.45, 7) is 6.45. The summed E-state index contributed by atoms with van der Waals surface area (Å²) >= 11 is 0. The second kappa shape index (κ2) is 4.37. The Morgan fingerprint density at radius 1 is 1.25 bits per heavy atom. The van der Waals surface area contributed by atoms with Crippen molar-refractivity contribution >= 4 is 11.7 Å². The molecule has 0 spiro atoms. The fraction of sp³-hybridized carbons (Fsp3) is 0.471. The van der Waals surface area contributed by atoms with E-state index < -0.39 is 0 Å². The maximum absolute atomic E-state index is 12.2. The molecule has 20 heavy (non-hydrogen) atoms. The predicted octanol–water partition coefficient (Wildman–Crippen LogP) is 3.73. The van der Waals surface area contributed by atoms with Crippen LogP contribution in [0.1, 0.15) is 33.6 Å². The van der Waals surface area contributed by atoms with Crippen LogP contribution in [-0.4, -0.2) is 11.6 Å². The molecular formula is C17H21NO2. The zero-order chi connectivity index (χ0) is 14.4. The van der Waals surface area contributed by atoms with Gasteiger partial charge >= 0.3 is 5.97 Å². The van der Waals surface area contributed by atoms with E-state index in [2.05, 4.69) is 26.1 Å². The summed E-state index contributed by atoms with van der Waals surface area (Å²) in [4.78, 5) is 12.2. The second-order valence-electron chi connectivity index (χ2n) is 6.58. The summed E-state index contributed by atoms with van der Waals surface area (Å²) in [6, 6.07) is 9.87. The van der Waals surface area contributed by atoms with Crippen LogP contribution in [0.5, 0.6) is 0 Å². The van der Waals surface area contributed by atoms with Crippen molar-refractivity contribution in [1.82, 2.24) is 0 Å². The maximum Gasteiger partial charge on any atom is 0.336 e. The number of carbonyl (C=O) groups excluding carboxylic acids is 1. The van der Waals surface area contributed by atoms with E-state index in [1.165, 1.54) is 0 Å². The lowest BCUT2D eigenvalue weighted by Crippen LogP contribution is -2.40. The zero-order valence-corrected chi connectivity index (χ0v) is 12.3. The van der Waals surface area contributed by atoms with Crippen LogP contribution in [0.25, 0.3) is 0 Å². The lowest BCUT2D eigenvalue weighted by molar-refractivity contribution is -0.154. The molecule has 1 aromatic carbocycles. The van der Waals surface area contributed by atoms with Crippen molar-refractivity contribution in [3.8, 4) is 0 Å². The van der Waals surface area contributed by atoms with Crippen LogP contribution in [0.4, 0.5) is 5.69 Å². The Balaban J connectivity index is 1.86.